The third-order valence-corrected chi connectivity index (χ3v) is 1.80. The summed E-state index contributed by atoms with van der Waals surface area (Å²) in [5.74, 6) is 0.591. The molecule has 0 atom stereocenters. The first kappa shape index (κ1) is 10.5. The average molecular weight is 192 g/mol. The first-order valence-electron chi connectivity index (χ1n) is 4.14. The van der Waals surface area contributed by atoms with E-state index >= 15 is 0 Å². The zero-order valence-electron chi connectivity index (χ0n) is 8.20. The van der Waals surface area contributed by atoms with E-state index in [-0.39, 0.29) is 0 Å². The molecule has 0 unspecified atom stereocenters. The van der Waals surface area contributed by atoms with Gasteiger partial charge in [0.15, 0.2) is 0 Å². The molecule has 74 valence electrons. The lowest BCUT2D eigenvalue weighted by atomic mass is 10.1. The number of methoxy groups -OCH3 is 1. The van der Waals surface area contributed by atoms with Crippen molar-refractivity contribution in [3.8, 4) is 11.8 Å². The van der Waals surface area contributed by atoms with Crippen LogP contribution in [0.2, 0.25) is 0 Å². The number of benzene rings is 1. The van der Waals surface area contributed by atoms with Crippen molar-refractivity contribution >= 4 is 0 Å². The Hall–Kier alpha value is -1.57. The van der Waals surface area contributed by atoms with E-state index in [4.69, 9.17) is 14.8 Å². The number of hydroxylamine groups is 1. The molecule has 0 heterocycles. The predicted molar refractivity (Wildman–Crippen MR) is 51.6 cm³/mol. The van der Waals surface area contributed by atoms with Crippen molar-refractivity contribution in [3.63, 3.8) is 0 Å². The molecule has 0 aliphatic carbocycles. The summed E-state index contributed by atoms with van der Waals surface area (Å²) < 4.78 is 5.02. The van der Waals surface area contributed by atoms with E-state index in [0.717, 1.165) is 5.56 Å². The Bertz CT molecular complexity index is 344. The van der Waals surface area contributed by atoms with Crippen molar-refractivity contribution in [1.82, 2.24) is 5.48 Å². The van der Waals surface area contributed by atoms with Crippen LogP contribution >= 0.6 is 0 Å². The minimum Gasteiger partial charge on any atom is -0.495 e. The van der Waals surface area contributed by atoms with Crippen LogP contribution in [-0.4, -0.2) is 14.2 Å². The highest BCUT2D eigenvalue weighted by Crippen LogP contribution is 2.18. The second-order valence-electron chi connectivity index (χ2n) is 2.67. The summed E-state index contributed by atoms with van der Waals surface area (Å²) in [6, 6.07) is 7.49. The summed E-state index contributed by atoms with van der Waals surface area (Å²) in [5.41, 5.74) is 4.21. The van der Waals surface area contributed by atoms with E-state index in [1.165, 1.54) is 0 Å². The van der Waals surface area contributed by atoms with Gasteiger partial charge in [0.1, 0.15) is 11.8 Å². The van der Waals surface area contributed by atoms with E-state index in [1.54, 1.807) is 26.4 Å². The van der Waals surface area contributed by atoms with Crippen molar-refractivity contribution in [2.45, 2.75) is 6.54 Å². The molecule has 0 amide bonds. The van der Waals surface area contributed by atoms with Crippen molar-refractivity contribution < 1.29 is 9.57 Å². The lowest BCUT2D eigenvalue weighted by molar-refractivity contribution is 0.0867. The van der Waals surface area contributed by atoms with Crippen molar-refractivity contribution in [1.29, 1.82) is 5.26 Å². The van der Waals surface area contributed by atoms with Crippen molar-refractivity contribution in [3.05, 3.63) is 29.3 Å². The van der Waals surface area contributed by atoms with E-state index < -0.39 is 0 Å². The number of ether oxygens (including phenoxy) is 1. The normalized spacial score (nSPS) is 9.50. The highest BCUT2D eigenvalue weighted by atomic mass is 16.6. The molecule has 14 heavy (non-hydrogen) atoms. The third kappa shape index (κ3) is 2.46. The fraction of sp³-hybridized carbons (Fsp3) is 0.300. The Morgan fingerprint density at radius 1 is 1.43 bits per heavy atom. The Kier molecular flexibility index (Phi) is 3.92. The topological polar surface area (TPSA) is 54.3 Å². The Labute approximate surface area is 83.0 Å². The van der Waals surface area contributed by atoms with Gasteiger partial charge in [0, 0.05) is 6.54 Å². The SMILES string of the molecule is CONCc1ccc(OC)c(C#N)c1. The molecule has 1 aromatic carbocycles. The summed E-state index contributed by atoms with van der Waals surface area (Å²) in [5, 5.41) is 8.82. The number of nitrogens with one attached hydrogen (secondary N) is 1. The number of nitrogens with zero attached hydrogens (tertiary/aromatic N) is 1. The molecule has 4 heteroatoms. The largest absolute Gasteiger partial charge is 0.495 e. The lowest BCUT2D eigenvalue weighted by Crippen LogP contribution is -2.10. The van der Waals surface area contributed by atoms with Crippen molar-refractivity contribution in [2.75, 3.05) is 14.2 Å². The first-order chi connectivity index (χ1) is 6.81. The maximum Gasteiger partial charge on any atom is 0.136 e. The van der Waals surface area contributed by atoms with Gasteiger partial charge in [0.05, 0.1) is 19.8 Å². The van der Waals surface area contributed by atoms with Gasteiger partial charge in [-0.25, -0.2) is 0 Å². The molecular formula is C10H12N2O2. The molecule has 0 fully saturated rings. The van der Waals surface area contributed by atoms with Crippen LogP contribution in [0.3, 0.4) is 0 Å². The van der Waals surface area contributed by atoms with E-state index in [1.807, 2.05) is 6.07 Å². The quantitative estimate of drug-likeness (QED) is 0.729. The van der Waals surface area contributed by atoms with Crippen LogP contribution in [-0.2, 0) is 11.4 Å². The fourth-order valence-electron chi connectivity index (χ4n) is 1.11. The van der Waals surface area contributed by atoms with Crippen LogP contribution < -0.4 is 10.2 Å². The summed E-state index contributed by atoms with van der Waals surface area (Å²) in [4.78, 5) is 4.71. The predicted octanol–water partition coefficient (Wildman–Crippen LogP) is 1.22. The minimum atomic E-state index is 0.530. The molecule has 4 nitrogen and oxygen atoms in total. The smallest absolute Gasteiger partial charge is 0.136 e. The highest BCUT2D eigenvalue weighted by Gasteiger charge is 2.02. The number of rotatable bonds is 4. The van der Waals surface area contributed by atoms with Crippen LogP contribution in [0.5, 0.6) is 5.75 Å². The molecule has 0 aromatic heterocycles. The van der Waals surface area contributed by atoms with Gasteiger partial charge >= 0.3 is 0 Å². The molecule has 0 spiro atoms. The Balaban J connectivity index is 2.86. The third-order valence-electron chi connectivity index (χ3n) is 1.80. The molecule has 0 saturated carbocycles. The maximum atomic E-state index is 8.82. The van der Waals surface area contributed by atoms with Crippen LogP contribution in [0, 0.1) is 11.3 Å². The van der Waals surface area contributed by atoms with E-state index in [2.05, 4.69) is 11.5 Å². The van der Waals surface area contributed by atoms with E-state index in [0.29, 0.717) is 17.9 Å². The molecular weight excluding hydrogens is 180 g/mol. The van der Waals surface area contributed by atoms with Gasteiger partial charge in [-0.1, -0.05) is 6.07 Å². The van der Waals surface area contributed by atoms with Crippen LogP contribution in [0.25, 0.3) is 0 Å². The monoisotopic (exact) mass is 192 g/mol. The van der Waals surface area contributed by atoms with Crippen LogP contribution in [0.1, 0.15) is 11.1 Å². The molecule has 0 radical (unpaired) electrons. The van der Waals surface area contributed by atoms with E-state index in [9.17, 15) is 0 Å². The second-order valence-corrected chi connectivity index (χ2v) is 2.67. The average Bonchev–Trinajstić information content (AvgIpc) is 2.25. The highest BCUT2D eigenvalue weighted by molar-refractivity contribution is 5.45. The van der Waals surface area contributed by atoms with Gasteiger partial charge in [0.25, 0.3) is 0 Å². The second kappa shape index (κ2) is 5.22. The zero-order valence-corrected chi connectivity index (χ0v) is 8.20. The Morgan fingerprint density at radius 3 is 2.79 bits per heavy atom. The van der Waals surface area contributed by atoms with Gasteiger partial charge in [-0.2, -0.15) is 10.7 Å². The van der Waals surface area contributed by atoms with Gasteiger partial charge in [0.2, 0.25) is 0 Å². The lowest BCUT2D eigenvalue weighted by Gasteiger charge is -2.05. The number of hydrogen-bond donors (Lipinski definition) is 1. The van der Waals surface area contributed by atoms with Crippen molar-refractivity contribution in [2.24, 2.45) is 0 Å². The molecule has 0 saturated heterocycles. The first-order valence-corrected chi connectivity index (χ1v) is 4.14. The summed E-state index contributed by atoms with van der Waals surface area (Å²) in [7, 11) is 3.10. The minimum absolute atomic E-state index is 0.530. The van der Waals surface area contributed by atoms with Crippen LogP contribution in [0.4, 0.5) is 0 Å². The molecule has 1 rings (SSSR count). The summed E-state index contributed by atoms with van der Waals surface area (Å²) in [6.07, 6.45) is 0. The molecule has 0 bridgehead atoms. The summed E-state index contributed by atoms with van der Waals surface area (Å²) in [6.45, 7) is 0.565. The maximum absolute atomic E-state index is 8.82. The van der Waals surface area contributed by atoms with Gasteiger partial charge < -0.3 is 9.57 Å². The molecule has 0 aliphatic heterocycles. The van der Waals surface area contributed by atoms with Gasteiger partial charge in [-0.05, 0) is 17.7 Å². The van der Waals surface area contributed by atoms with Gasteiger partial charge in [-0.3, -0.25) is 0 Å². The van der Waals surface area contributed by atoms with Gasteiger partial charge in [-0.15, -0.1) is 0 Å². The van der Waals surface area contributed by atoms with Crippen LogP contribution in [0.15, 0.2) is 18.2 Å². The standard InChI is InChI=1S/C10H12N2O2/c1-13-10-4-3-8(7-12-14-2)5-9(10)6-11/h3-5,12H,7H2,1-2H3. The fourth-order valence-corrected chi connectivity index (χ4v) is 1.11. The molecule has 1 aromatic rings. The number of nitriles is 1. The Morgan fingerprint density at radius 2 is 2.21 bits per heavy atom. The molecule has 1 N–H and O–H groups in total. The number of hydrogen-bond acceptors (Lipinski definition) is 4. The summed E-state index contributed by atoms with van der Waals surface area (Å²) >= 11 is 0. The molecule has 0 aliphatic rings. The zero-order chi connectivity index (χ0) is 10.4.